The first-order valence-corrected chi connectivity index (χ1v) is 6.91. The maximum atomic E-state index is 9.26. The Morgan fingerprint density at radius 3 is 2.79 bits per heavy atom. The normalized spacial score (nSPS) is 17.3. The van der Waals surface area contributed by atoms with E-state index in [2.05, 4.69) is 28.2 Å². The Morgan fingerprint density at radius 2 is 2.16 bits per heavy atom. The third-order valence-electron chi connectivity index (χ3n) is 3.36. The van der Waals surface area contributed by atoms with Crippen molar-refractivity contribution in [3.8, 4) is 0 Å². The highest BCUT2D eigenvalue weighted by atomic mass is 16.5. The highest BCUT2D eigenvalue weighted by Crippen LogP contribution is 2.19. The zero-order valence-electron chi connectivity index (χ0n) is 11.7. The number of ether oxygens (including phenoxy) is 1. The van der Waals surface area contributed by atoms with Gasteiger partial charge in [-0.1, -0.05) is 6.92 Å². The number of rotatable bonds is 5. The molecule has 19 heavy (non-hydrogen) atoms. The fourth-order valence-electron chi connectivity index (χ4n) is 2.16. The number of aromatic nitrogens is 1. The Labute approximate surface area is 114 Å². The van der Waals surface area contributed by atoms with E-state index in [0.717, 1.165) is 44.4 Å². The summed E-state index contributed by atoms with van der Waals surface area (Å²) in [6.07, 6.45) is 0.874. The number of hydrogen-bond acceptors (Lipinski definition) is 5. The average molecular weight is 265 g/mol. The van der Waals surface area contributed by atoms with E-state index in [1.807, 2.05) is 13.0 Å². The molecule has 2 rings (SSSR count). The number of pyridine rings is 1. The van der Waals surface area contributed by atoms with E-state index in [1.54, 1.807) is 0 Å². The Kier molecular flexibility index (Phi) is 4.99. The molecule has 0 radical (unpaired) electrons. The quantitative estimate of drug-likeness (QED) is 0.843. The molecule has 0 aromatic carbocycles. The van der Waals surface area contributed by atoms with Crippen molar-refractivity contribution in [2.45, 2.75) is 26.3 Å². The monoisotopic (exact) mass is 265 g/mol. The van der Waals surface area contributed by atoms with Gasteiger partial charge < -0.3 is 20.1 Å². The van der Waals surface area contributed by atoms with Gasteiger partial charge in [-0.2, -0.15) is 0 Å². The highest BCUT2D eigenvalue weighted by molar-refractivity contribution is 5.50. The molecule has 5 heteroatoms. The predicted molar refractivity (Wildman–Crippen MR) is 76.8 cm³/mol. The summed E-state index contributed by atoms with van der Waals surface area (Å²) in [5.74, 6) is 1.82. The van der Waals surface area contributed by atoms with E-state index in [9.17, 15) is 5.11 Å². The fourth-order valence-corrected chi connectivity index (χ4v) is 2.16. The average Bonchev–Trinajstić information content (AvgIpc) is 2.45. The van der Waals surface area contributed by atoms with Crippen LogP contribution in [0.1, 0.15) is 18.9 Å². The molecule has 1 aromatic rings. The van der Waals surface area contributed by atoms with Crippen LogP contribution in [0.25, 0.3) is 0 Å². The van der Waals surface area contributed by atoms with Gasteiger partial charge in [-0.15, -0.1) is 0 Å². The van der Waals surface area contributed by atoms with Crippen LogP contribution in [0.2, 0.25) is 0 Å². The Hall–Kier alpha value is -1.33. The number of morpholine rings is 1. The van der Waals surface area contributed by atoms with Crippen molar-refractivity contribution in [2.75, 3.05) is 43.1 Å². The first-order valence-electron chi connectivity index (χ1n) is 6.91. The minimum Gasteiger partial charge on any atom is -0.394 e. The first kappa shape index (κ1) is 14.1. The lowest BCUT2D eigenvalue weighted by atomic mass is 10.2. The lowest BCUT2D eigenvalue weighted by molar-refractivity contribution is 0.122. The van der Waals surface area contributed by atoms with Crippen molar-refractivity contribution >= 4 is 11.6 Å². The van der Waals surface area contributed by atoms with Crippen LogP contribution in [0.4, 0.5) is 11.6 Å². The van der Waals surface area contributed by atoms with E-state index < -0.39 is 0 Å². The molecule has 0 unspecified atom stereocenters. The van der Waals surface area contributed by atoms with Gasteiger partial charge in [0.1, 0.15) is 11.6 Å². The molecule has 0 amide bonds. The van der Waals surface area contributed by atoms with Crippen LogP contribution < -0.4 is 10.2 Å². The third-order valence-corrected chi connectivity index (χ3v) is 3.36. The third kappa shape index (κ3) is 3.81. The van der Waals surface area contributed by atoms with E-state index in [0.29, 0.717) is 0 Å². The molecule has 5 nitrogen and oxygen atoms in total. The number of aliphatic hydroxyl groups excluding tert-OH is 1. The second-order valence-corrected chi connectivity index (χ2v) is 4.92. The smallest absolute Gasteiger partial charge is 0.131 e. The lowest BCUT2D eigenvalue weighted by Crippen LogP contribution is -2.37. The second-order valence-electron chi connectivity index (χ2n) is 4.92. The van der Waals surface area contributed by atoms with Gasteiger partial charge in [0.2, 0.25) is 0 Å². The van der Waals surface area contributed by atoms with Crippen LogP contribution in [0, 0.1) is 6.92 Å². The Balaban J connectivity index is 2.13. The Bertz CT molecular complexity index is 402. The molecule has 1 fully saturated rings. The maximum absolute atomic E-state index is 9.26. The highest BCUT2D eigenvalue weighted by Gasteiger charge is 2.14. The molecule has 2 heterocycles. The summed E-state index contributed by atoms with van der Waals surface area (Å²) in [5.41, 5.74) is 1.17. The molecule has 1 saturated heterocycles. The lowest BCUT2D eigenvalue weighted by Gasteiger charge is -2.28. The number of aryl methyl sites for hydroxylation is 1. The molecule has 0 aliphatic carbocycles. The van der Waals surface area contributed by atoms with Gasteiger partial charge in [-0.3, -0.25) is 0 Å². The molecule has 1 aliphatic rings. The SMILES string of the molecule is CC[C@H](CO)Nc1cc(C)cc(N2CCOCC2)n1. The van der Waals surface area contributed by atoms with Crippen LogP contribution >= 0.6 is 0 Å². The number of anilines is 2. The van der Waals surface area contributed by atoms with E-state index in [-0.39, 0.29) is 12.6 Å². The number of hydrogen-bond donors (Lipinski definition) is 2. The number of nitrogens with zero attached hydrogens (tertiary/aromatic N) is 2. The summed E-state index contributed by atoms with van der Waals surface area (Å²) >= 11 is 0. The van der Waals surface area contributed by atoms with E-state index in [4.69, 9.17) is 4.74 Å². The van der Waals surface area contributed by atoms with Crippen molar-refractivity contribution in [3.05, 3.63) is 17.7 Å². The largest absolute Gasteiger partial charge is 0.394 e. The zero-order valence-corrected chi connectivity index (χ0v) is 11.7. The minimum atomic E-state index is 0.0619. The van der Waals surface area contributed by atoms with Gasteiger partial charge >= 0.3 is 0 Å². The molecule has 1 atom stereocenters. The standard InChI is InChI=1S/C14H23N3O2/c1-3-12(10-18)15-13-8-11(2)9-14(16-13)17-4-6-19-7-5-17/h8-9,12,18H,3-7,10H2,1-2H3,(H,15,16)/t12-/m1/s1. The molecule has 1 aromatic heterocycles. The summed E-state index contributed by atoms with van der Waals surface area (Å²) in [4.78, 5) is 6.88. The van der Waals surface area contributed by atoms with Crippen molar-refractivity contribution in [3.63, 3.8) is 0 Å². The summed E-state index contributed by atoms with van der Waals surface area (Å²) < 4.78 is 5.36. The maximum Gasteiger partial charge on any atom is 0.131 e. The molecule has 0 saturated carbocycles. The van der Waals surface area contributed by atoms with Gasteiger partial charge in [0.05, 0.1) is 25.9 Å². The first-order chi connectivity index (χ1) is 9.22. The molecule has 0 spiro atoms. The van der Waals surface area contributed by atoms with Gasteiger partial charge in [0.15, 0.2) is 0 Å². The second kappa shape index (κ2) is 6.73. The minimum absolute atomic E-state index is 0.0619. The molecule has 0 bridgehead atoms. The topological polar surface area (TPSA) is 57.6 Å². The van der Waals surface area contributed by atoms with Crippen molar-refractivity contribution < 1.29 is 9.84 Å². The summed E-state index contributed by atoms with van der Waals surface area (Å²) in [6, 6.07) is 4.17. The van der Waals surface area contributed by atoms with Gasteiger partial charge in [-0.25, -0.2) is 4.98 Å². The molecule has 106 valence electrons. The molecular formula is C14H23N3O2. The summed E-state index contributed by atoms with van der Waals surface area (Å²) in [6.45, 7) is 7.52. The zero-order chi connectivity index (χ0) is 13.7. The van der Waals surface area contributed by atoms with Crippen LogP contribution in [-0.2, 0) is 4.74 Å². The predicted octanol–water partition coefficient (Wildman–Crippen LogP) is 1.41. The van der Waals surface area contributed by atoms with Gasteiger partial charge in [0.25, 0.3) is 0 Å². The molecule has 1 aliphatic heterocycles. The summed E-state index contributed by atoms with van der Waals surface area (Å²) in [5, 5.41) is 12.5. The van der Waals surface area contributed by atoms with Crippen LogP contribution in [0.15, 0.2) is 12.1 Å². The Morgan fingerprint density at radius 1 is 1.42 bits per heavy atom. The van der Waals surface area contributed by atoms with Crippen molar-refractivity contribution in [2.24, 2.45) is 0 Å². The molecule has 2 N–H and O–H groups in total. The van der Waals surface area contributed by atoms with Crippen molar-refractivity contribution in [1.29, 1.82) is 0 Å². The number of nitrogens with one attached hydrogen (secondary N) is 1. The van der Waals surface area contributed by atoms with E-state index in [1.165, 1.54) is 5.56 Å². The van der Waals surface area contributed by atoms with Crippen LogP contribution in [0.3, 0.4) is 0 Å². The van der Waals surface area contributed by atoms with E-state index >= 15 is 0 Å². The van der Waals surface area contributed by atoms with Crippen LogP contribution in [0.5, 0.6) is 0 Å². The van der Waals surface area contributed by atoms with Gasteiger partial charge in [-0.05, 0) is 31.0 Å². The van der Waals surface area contributed by atoms with Crippen molar-refractivity contribution in [1.82, 2.24) is 4.98 Å². The summed E-state index contributed by atoms with van der Waals surface area (Å²) in [7, 11) is 0. The van der Waals surface area contributed by atoms with Gasteiger partial charge in [0, 0.05) is 13.1 Å². The molecular weight excluding hydrogens is 242 g/mol. The number of aliphatic hydroxyl groups is 1. The fraction of sp³-hybridized carbons (Fsp3) is 0.643. The van der Waals surface area contributed by atoms with Crippen LogP contribution in [-0.4, -0.2) is 49.0 Å².